The molecule has 1 fully saturated rings. The van der Waals surface area contributed by atoms with Crippen molar-refractivity contribution in [1.29, 1.82) is 0 Å². The number of carboxylic acid groups (broad SMARTS) is 1. The lowest BCUT2D eigenvalue weighted by atomic mass is 9.85. The summed E-state index contributed by atoms with van der Waals surface area (Å²) in [5, 5.41) is 11.5. The average molecular weight is 300 g/mol. The summed E-state index contributed by atoms with van der Waals surface area (Å²) >= 11 is 0. The molecule has 0 aromatic carbocycles. The Morgan fingerprint density at radius 1 is 1.33 bits per heavy atom. The van der Waals surface area contributed by atoms with Gasteiger partial charge in [-0.3, -0.25) is 4.79 Å². The van der Waals surface area contributed by atoms with Crippen molar-refractivity contribution < 1.29 is 24.2 Å². The number of esters is 1. The Morgan fingerprint density at radius 2 is 1.95 bits per heavy atom. The van der Waals surface area contributed by atoms with Gasteiger partial charge in [-0.05, 0) is 18.8 Å². The molecular weight excluding hydrogens is 276 g/mol. The van der Waals surface area contributed by atoms with Crippen LogP contribution in [0.1, 0.15) is 39.0 Å². The second kappa shape index (κ2) is 7.85. The van der Waals surface area contributed by atoms with Crippen LogP contribution < -0.4 is 5.32 Å². The number of hydrogen-bond acceptors (Lipinski definition) is 4. The third-order valence-electron chi connectivity index (χ3n) is 4.08. The third-order valence-corrected chi connectivity index (χ3v) is 4.08. The predicted molar refractivity (Wildman–Crippen MR) is 75.8 cm³/mol. The van der Waals surface area contributed by atoms with Crippen LogP contribution in [0.4, 0.5) is 4.79 Å². The molecule has 2 N–H and O–H groups in total. The van der Waals surface area contributed by atoms with E-state index in [0.29, 0.717) is 5.92 Å². The van der Waals surface area contributed by atoms with Gasteiger partial charge in [-0.1, -0.05) is 19.8 Å². The Labute approximate surface area is 124 Å². The molecule has 1 saturated carbocycles. The summed E-state index contributed by atoms with van der Waals surface area (Å²) in [6.07, 6.45) is 3.82. The summed E-state index contributed by atoms with van der Waals surface area (Å²) in [6, 6.07) is -1.64. The second-order valence-electron chi connectivity index (χ2n) is 5.56. The summed E-state index contributed by atoms with van der Waals surface area (Å²) in [5.41, 5.74) is 0. The first-order chi connectivity index (χ1) is 9.86. The van der Waals surface area contributed by atoms with Gasteiger partial charge in [-0.25, -0.2) is 9.59 Å². The highest BCUT2D eigenvalue weighted by atomic mass is 16.5. The van der Waals surface area contributed by atoms with Gasteiger partial charge in [-0.2, -0.15) is 0 Å². The van der Waals surface area contributed by atoms with Crippen LogP contribution in [0.15, 0.2) is 0 Å². The van der Waals surface area contributed by atoms with Crippen LogP contribution in [0.5, 0.6) is 0 Å². The van der Waals surface area contributed by atoms with Crippen LogP contribution in [0, 0.1) is 5.92 Å². The fourth-order valence-corrected chi connectivity index (χ4v) is 2.72. The maximum atomic E-state index is 12.2. The van der Waals surface area contributed by atoms with Gasteiger partial charge < -0.3 is 20.1 Å². The lowest BCUT2D eigenvalue weighted by Gasteiger charge is -2.36. The monoisotopic (exact) mass is 300 g/mol. The van der Waals surface area contributed by atoms with E-state index in [0.717, 1.165) is 25.7 Å². The van der Waals surface area contributed by atoms with E-state index >= 15 is 0 Å². The zero-order chi connectivity index (χ0) is 16.0. The van der Waals surface area contributed by atoms with Crippen molar-refractivity contribution in [2.24, 2.45) is 5.92 Å². The van der Waals surface area contributed by atoms with Gasteiger partial charge in [0, 0.05) is 13.1 Å². The number of amides is 2. The van der Waals surface area contributed by atoms with E-state index < -0.39 is 24.0 Å². The van der Waals surface area contributed by atoms with Crippen molar-refractivity contribution in [1.82, 2.24) is 10.2 Å². The minimum absolute atomic E-state index is 0.103. The fraction of sp³-hybridized carbons (Fsp3) is 0.786. The summed E-state index contributed by atoms with van der Waals surface area (Å²) in [6.45, 7) is 2.09. The summed E-state index contributed by atoms with van der Waals surface area (Å²) in [5.74, 6) is -1.53. The van der Waals surface area contributed by atoms with E-state index in [1.807, 2.05) is 0 Å². The maximum Gasteiger partial charge on any atom is 0.326 e. The van der Waals surface area contributed by atoms with E-state index in [2.05, 4.69) is 17.0 Å². The maximum absolute atomic E-state index is 12.2. The summed E-state index contributed by atoms with van der Waals surface area (Å²) in [7, 11) is 2.85. The van der Waals surface area contributed by atoms with Crippen molar-refractivity contribution in [2.75, 3.05) is 14.2 Å². The van der Waals surface area contributed by atoms with Gasteiger partial charge in [0.25, 0.3) is 0 Å². The van der Waals surface area contributed by atoms with Crippen LogP contribution in [0.25, 0.3) is 0 Å². The molecule has 3 atom stereocenters. The highest BCUT2D eigenvalue weighted by Gasteiger charge is 2.31. The Hall–Kier alpha value is -1.79. The van der Waals surface area contributed by atoms with Crippen LogP contribution >= 0.6 is 0 Å². The summed E-state index contributed by atoms with van der Waals surface area (Å²) < 4.78 is 4.44. The number of urea groups is 1. The van der Waals surface area contributed by atoms with Gasteiger partial charge in [-0.15, -0.1) is 0 Å². The number of aliphatic carboxylic acids is 1. The highest BCUT2D eigenvalue weighted by Crippen LogP contribution is 2.27. The van der Waals surface area contributed by atoms with E-state index in [1.165, 1.54) is 7.11 Å². The van der Waals surface area contributed by atoms with Gasteiger partial charge in [0.2, 0.25) is 0 Å². The van der Waals surface area contributed by atoms with Crippen LogP contribution in [0.3, 0.4) is 0 Å². The van der Waals surface area contributed by atoms with Gasteiger partial charge in [0.15, 0.2) is 0 Å². The molecular formula is C14H24N2O5. The Morgan fingerprint density at radius 3 is 2.48 bits per heavy atom. The third kappa shape index (κ3) is 4.91. The molecule has 0 spiro atoms. The lowest BCUT2D eigenvalue weighted by Crippen LogP contribution is -2.52. The molecule has 0 aromatic heterocycles. The van der Waals surface area contributed by atoms with E-state index in [1.54, 1.807) is 11.9 Å². The molecule has 7 nitrogen and oxygen atoms in total. The molecule has 0 aromatic rings. The van der Waals surface area contributed by atoms with Gasteiger partial charge in [0.05, 0.1) is 13.5 Å². The summed E-state index contributed by atoms with van der Waals surface area (Å²) in [4.78, 5) is 36.0. The van der Waals surface area contributed by atoms with Gasteiger partial charge in [0.1, 0.15) is 6.04 Å². The largest absolute Gasteiger partial charge is 0.480 e. The van der Waals surface area contributed by atoms with Crippen LogP contribution in [0.2, 0.25) is 0 Å². The van der Waals surface area contributed by atoms with Crippen LogP contribution in [-0.4, -0.2) is 54.2 Å². The molecule has 2 unspecified atom stereocenters. The van der Waals surface area contributed by atoms with Crippen molar-refractivity contribution in [2.45, 2.75) is 51.1 Å². The number of carbonyl (C=O) groups excluding carboxylic acids is 2. The number of nitrogens with one attached hydrogen (secondary N) is 1. The minimum atomic E-state index is -1.27. The molecule has 0 bridgehead atoms. The number of ether oxygens (including phenoxy) is 1. The van der Waals surface area contributed by atoms with Crippen molar-refractivity contribution in [3.05, 3.63) is 0 Å². The zero-order valence-corrected chi connectivity index (χ0v) is 12.8. The molecule has 2 amide bonds. The fourth-order valence-electron chi connectivity index (χ4n) is 2.72. The Balaban J connectivity index is 2.63. The lowest BCUT2D eigenvalue weighted by molar-refractivity contribution is -0.147. The Bertz CT molecular complexity index is 399. The molecule has 0 aliphatic heterocycles. The smallest absolute Gasteiger partial charge is 0.326 e. The average Bonchev–Trinajstić information content (AvgIpc) is 2.45. The van der Waals surface area contributed by atoms with E-state index in [4.69, 9.17) is 5.11 Å². The first kappa shape index (κ1) is 17.3. The van der Waals surface area contributed by atoms with Crippen molar-refractivity contribution in [3.63, 3.8) is 0 Å². The molecule has 1 aliphatic rings. The highest BCUT2D eigenvalue weighted by molar-refractivity contribution is 5.86. The molecule has 0 saturated heterocycles. The molecule has 1 aliphatic carbocycles. The van der Waals surface area contributed by atoms with Crippen molar-refractivity contribution >= 4 is 18.0 Å². The van der Waals surface area contributed by atoms with Crippen LogP contribution in [-0.2, 0) is 14.3 Å². The topological polar surface area (TPSA) is 95.9 Å². The quantitative estimate of drug-likeness (QED) is 0.744. The molecule has 0 heterocycles. The number of carbonyl (C=O) groups is 3. The second-order valence-corrected chi connectivity index (χ2v) is 5.56. The van der Waals surface area contributed by atoms with Gasteiger partial charge >= 0.3 is 18.0 Å². The molecule has 1 rings (SSSR count). The zero-order valence-electron chi connectivity index (χ0n) is 12.8. The number of hydrogen-bond donors (Lipinski definition) is 2. The first-order valence-electron chi connectivity index (χ1n) is 7.19. The van der Waals surface area contributed by atoms with E-state index in [9.17, 15) is 14.4 Å². The molecule has 7 heteroatoms. The van der Waals surface area contributed by atoms with Crippen molar-refractivity contribution in [3.8, 4) is 0 Å². The number of nitrogens with zero attached hydrogens (tertiary/aromatic N) is 1. The first-order valence-corrected chi connectivity index (χ1v) is 7.19. The minimum Gasteiger partial charge on any atom is -0.480 e. The molecule has 120 valence electrons. The predicted octanol–water partition coefficient (Wildman–Crippen LogP) is 1.22. The normalized spacial score (nSPS) is 23.0. The SMILES string of the molecule is COC(=O)C[C@H](NC(=O)N(C)C1CCCCC1C)C(=O)O. The molecule has 0 radical (unpaired) electrons. The number of methoxy groups -OCH3 is 1. The standard InChI is InChI=1S/C14H24N2O5/c1-9-6-4-5-7-11(9)16(2)14(20)15-10(13(18)19)8-12(17)21-3/h9-11H,4-8H2,1-3H3,(H,15,20)(H,18,19)/t9?,10-,11?/m0/s1. The Kier molecular flexibility index (Phi) is 6.45. The van der Waals surface area contributed by atoms with E-state index in [-0.39, 0.29) is 12.5 Å². The number of rotatable bonds is 5. The number of carboxylic acids is 1. The molecule has 21 heavy (non-hydrogen) atoms.